The third-order valence-electron chi connectivity index (χ3n) is 3.26. The van der Waals surface area contributed by atoms with Crippen molar-refractivity contribution in [1.82, 2.24) is 5.32 Å². The van der Waals surface area contributed by atoms with Crippen LogP contribution in [0, 0.1) is 13.8 Å². The van der Waals surface area contributed by atoms with E-state index in [1.54, 1.807) is 6.07 Å². The number of ether oxygens (including phenoxy) is 1. The van der Waals surface area contributed by atoms with Gasteiger partial charge in [-0.2, -0.15) is 0 Å². The number of carbonyl (C=O) groups is 1. The Morgan fingerprint density at radius 3 is 2.43 bits per heavy atom. The van der Waals surface area contributed by atoms with E-state index in [-0.39, 0.29) is 11.7 Å². The summed E-state index contributed by atoms with van der Waals surface area (Å²) in [4.78, 5) is 11.7. The molecule has 1 aromatic rings. The van der Waals surface area contributed by atoms with E-state index in [2.05, 4.69) is 5.32 Å². The summed E-state index contributed by atoms with van der Waals surface area (Å²) in [5, 5.41) is 12.8. The summed E-state index contributed by atoms with van der Waals surface area (Å²) in [6.07, 6.45) is -0.482. The Bertz CT molecular complexity index is 507. The molecule has 0 aromatic heterocycles. The minimum Gasteiger partial charge on any atom is -0.508 e. The molecule has 5 nitrogen and oxygen atoms in total. The normalized spacial score (nSPS) is 12.9. The van der Waals surface area contributed by atoms with Crippen LogP contribution in [-0.4, -0.2) is 29.9 Å². The number of hydrogen-bond donors (Lipinski definition) is 3. The molecule has 0 aliphatic rings. The predicted octanol–water partition coefficient (Wildman–Crippen LogP) is 2.58. The molecule has 5 heteroatoms. The monoisotopic (exact) mass is 294 g/mol. The maximum Gasteiger partial charge on any atom is 0.407 e. The Morgan fingerprint density at radius 1 is 1.33 bits per heavy atom. The molecule has 0 heterocycles. The number of aromatic hydroxyl groups is 1. The number of benzene rings is 1. The number of phenolic OH excluding ortho intramolecular Hbond substituents is 1. The number of carbonyl (C=O) groups excluding carboxylic acids is 1. The second kappa shape index (κ2) is 6.80. The second-order valence-electron chi connectivity index (χ2n) is 6.31. The second-order valence-corrected chi connectivity index (χ2v) is 6.31. The molecule has 0 bridgehead atoms. The lowest BCUT2D eigenvalue weighted by atomic mass is 9.94. The highest BCUT2D eigenvalue weighted by Gasteiger charge is 2.19. The lowest BCUT2D eigenvalue weighted by molar-refractivity contribution is 0.0524. The first-order chi connectivity index (χ1) is 9.64. The SMILES string of the molecule is Cc1cc(O)c(C(CN)CNC(=O)OC(C)(C)C)cc1C. The average molecular weight is 294 g/mol. The van der Waals surface area contributed by atoms with Crippen molar-refractivity contribution in [2.45, 2.75) is 46.1 Å². The van der Waals surface area contributed by atoms with Crippen LogP contribution < -0.4 is 11.1 Å². The van der Waals surface area contributed by atoms with E-state index in [4.69, 9.17) is 10.5 Å². The van der Waals surface area contributed by atoms with Gasteiger partial charge in [0, 0.05) is 24.6 Å². The van der Waals surface area contributed by atoms with Crippen LogP contribution in [0.2, 0.25) is 0 Å². The largest absolute Gasteiger partial charge is 0.508 e. The highest BCUT2D eigenvalue weighted by molar-refractivity contribution is 5.67. The lowest BCUT2D eigenvalue weighted by Gasteiger charge is -2.22. The van der Waals surface area contributed by atoms with Crippen molar-refractivity contribution in [2.75, 3.05) is 13.1 Å². The maximum atomic E-state index is 11.7. The van der Waals surface area contributed by atoms with Gasteiger partial charge in [-0.25, -0.2) is 4.79 Å². The summed E-state index contributed by atoms with van der Waals surface area (Å²) >= 11 is 0. The van der Waals surface area contributed by atoms with Gasteiger partial charge in [-0.1, -0.05) is 6.07 Å². The minimum absolute atomic E-state index is 0.156. The fourth-order valence-electron chi connectivity index (χ4n) is 1.99. The van der Waals surface area contributed by atoms with E-state index in [9.17, 15) is 9.90 Å². The summed E-state index contributed by atoms with van der Waals surface area (Å²) in [6, 6.07) is 3.64. The van der Waals surface area contributed by atoms with Gasteiger partial charge in [0.05, 0.1) is 0 Å². The Balaban J connectivity index is 2.76. The minimum atomic E-state index is -0.537. The number of nitrogens with one attached hydrogen (secondary N) is 1. The van der Waals surface area contributed by atoms with Crippen LogP contribution in [0.4, 0.5) is 4.79 Å². The molecular weight excluding hydrogens is 268 g/mol. The molecule has 1 aromatic carbocycles. The molecule has 0 aliphatic carbocycles. The molecule has 118 valence electrons. The Morgan fingerprint density at radius 2 is 1.90 bits per heavy atom. The number of hydrogen-bond acceptors (Lipinski definition) is 4. The van der Waals surface area contributed by atoms with E-state index in [0.717, 1.165) is 16.7 Å². The lowest BCUT2D eigenvalue weighted by Crippen LogP contribution is -2.36. The van der Waals surface area contributed by atoms with Crippen LogP contribution in [0.25, 0.3) is 0 Å². The molecule has 1 amide bonds. The quantitative estimate of drug-likeness (QED) is 0.797. The molecule has 4 N–H and O–H groups in total. The molecule has 0 spiro atoms. The van der Waals surface area contributed by atoms with E-state index in [1.807, 2.05) is 40.7 Å². The van der Waals surface area contributed by atoms with Crippen LogP contribution in [0.5, 0.6) is 5.75 Å². The molecule has 0 fully saturated rings. The van der Waals surface area contributed by atoms with Crippen LogP contribution >= 0.6 is 0 Å². The standard InChI is InChI=1S/C16H26N2O3/c1-10-6-13(14(19)7-11(10)2)12(8-17)9-18-15(20)21-16(3,4)5/h6-7,12,19H,8-9,17H2,1-5H3,(H,18,20). The molecule has 21 heavy (non-hydrogen) atoms. The third-order valence-corrected chi connectivity index (χ3v) is 3.26. The van der Waals surface area contributed by atoms with Gasteiger partial charge in [0.1, 0.15) is 11.4 Å². The summed E-state index contributed by atoms with van der Waals surface area (Å²) in [6.45, 7) is 9.99. The molecular formula is C16H26N2O3. The Hall–Kier alpha value is -1.75. The van der Waals surface area contributed by atoms with Crippen LogP contribution in [-0.2, 0) is 4.74 Å². The average Bonchev–Trinajstić information content (AvgIpc) is 2.33. The summed E-state index contributed by atoms with van der Waals surface area (Å²) in [7, 11) is 0. The van der Waals surface area contributed by atoms with Crippen molar-refractivity contribution >= 4 is 6.09 Å². The van der Waals surface area contributed by atoms with Gasteiger partial charge in [-0.15, -0.1) is 0 Å². The number of amides is 1. The number of aryl methyl sites for hydroxylation is 2. The van der Waals surface area contributed by atoms with Gasteiger partial charge < -0.3 is 20.9 Å². The highest BCUT2D eigenvalue weighted by Crippen LogP contribution is 2.28. The molecule has 1 unspecified atom stereocenters. The van der Waals surface area contributed by atoms with Gasteiger partial charge in [0.25, 0.3) is 0 Å². The van der Waals surface area contributed by atoms with Gasteiger partial charge >= 0.3 is 6.09 Å². The zero-order valence-corrected chi connectivity index (χ0v) is 13.5. The van der Waals surface area contributed by atoms with Crippen molar-refractivity contribution in [3.63, 3.8) is 0 Å². The molecule has 1 atom stereocenters. The molecule has 0 saturated carbocycles. The number of alkyl carbamates (subject to hydrolysis) is 1. The van der Waals surface area contributed by atoms with Crippen molar-refractivity contribution in [3.8, 4) is 5.75 Å². The van der Waals surface area contributed by atoms with Crippen LogP contribution in [0.3, 0.4) is 0 Å². The summed E-state index contributed by atoms with van der Waals surface area (Å²) in [5.74, 6) is 0.0522. The predicted molar refractivity (Wildman–Crippen MR) is 83.6 cm³/mol. The van der Waals surface area contributed by atoms with Gasteiger partial charge in [-0.3, -0.25) is 0 Å². The van der Waals surface area contributed by atoms with Crippen LogP contribution in [0.1, 0.15) is 43.4 Å². The van der Waals surface area contributed by atoms with Gasteiger partial charge in [-0.05, 0) is 51.8 Å². The maximum absolute atomic E-state index is 11.7. The third kappa shape index (κ3) is 5.27. The first kappa shape index (κ1) is 17.3. The van der Waals surface area contributed by atoms with Crippen molar-refractivity contribution in [3.05, 3.63) is 28.8 Å². The number of rotatable bonds is 4. The number of phenols is 1. The zero-order chi connectivity index (χ0) is 16.2. The van der Waals surface area contributed by atoms with Crippen molar-refractivity contribution in [2.24, 2.45) is 5.73 Å². The smallest absolute Gasteiger partial charge is 0.407 e. The zero-order valence-electron chi connectivity index (χ0n) is 13.5. The molecule has 0 saturated heterocycles. The molecule has 1 rings (SSSR count). The Kier molecular flexibility index (Phi) is 5.61. The van der Waals surface area contributed by atoms with Gasteiger partial charge in [0.2, 0.25) is 0 Å². The number of nitrogens with two attached hydrogens (primary N) is 1. The molecule has 0 radical (unpaired) electrons. The van der Waals surface area contributed by atoms with E-state index < -0.39 is 11.7 Å². The van der Waals surface area contributed by atoms with Gasteiger partial charge in [0.15, 0.2) is 0 Å². The molecule has 0 aliphatic heterocycles. The first-order valence-corrected chi connectivity index (χ1v) is 7.11. The van der Waals surface area contributed by atoms with E-state index in [1.165, 1.54) is 0 Å². The summed E-state index contributed by atoms with van der Waals surface area (Å²) in [5.41, 5.74) is 8.08. The summed E-state index contributed by atoms with van der Waals surface area (Å²) < 4.78 is 5.19. The van der Waals surface area contributed by atoms with E-state index >= 15 is 0 Å². The fourth-order valence-corrected chi connectivity index (χ4v) is 1.99. The van der Waals surface area contributed by atoms with E-state index in [0.29, 0.717) is 13.1 Å². The van der Waals surface area contributed by atoms with Crippen molar-refractivity contribution in [1.29, 1.82) is 0 Å². The van der Waals surface area contributed by atoms with Crippen molar-refractivity contribution < 1.29 is 14.6 Å². The topological polar surface area (TPSA) is 84.6 Å². The fraction of sp³-hybridized carbons (Fsp3) is 0.562. The first-order valence-electron chi connectivity index (χ1n) is 7.11. The van der Waals surface area contributed by atoms with Crippen LogP contribution in [0.15, 0.2) is 12.1 Å². The Labute approximate surface area is 126 Å². The highest BCUT2D eigenvalue weighted by atomic mass is 16.6.